The molecule has 1 heterocycles. The maximum absolute atomic E-state index is 12.8. The van der Waals surface area contributed by atoms with E-state index < -0.39 is 0 Å². The number of nitrogens with one attached hydrogen (secondary N) is 1. The number of anilines is 1. The second-order valence-corrected chi connectivity index (χ2v) is 8.74. The highest BCUT2D eigenvalue weighted by atomic mass is 32.2. The fraction of sp³-hybridized carbons (Fsp3) is 0.148. The van der Waals surface area contributed by atoms with E-state index in [-0.39, 0.29) is 29.7 Å². The zero-order chi connectivity index (χ0) is 24.8. The van der Waals surface area contributed by atoms with Crippen molar-refractivity contribution in [3.63, 3.8) is 0 Å². The second kappa shape index (κ2) is 10.9. The predicted molar refractivity (Wildman–Crippen MR) is 136 cm³/mol. The number of ether oxygens (including phenoxy) is 2. The van der Waals surface area contributed by atoms with Crippen LogP contribution in [0.1, 0.15) is 24.1 Å². The summed E-state index contributed by atoms with van der Waals surface area (Å²) < 4.78 is 11.1. The highest BCUT2D eigenvalue weighted by Crippen LogP contribution is 2.37. The van der Waals surface area contributed by atoms with Gasteiger partial charge in [0.1, 0.15) is 0 Å². The number of hydrogen-bond donors (Lipinski definition) is 1. The maximum Gasteiger partial charge on any atom is 0.298 e. The van der Waals surface area contributed by atoms with E-state index >= 15 is 0 Å². The summed E-state index contributed by atoms with van der Waals surface area (Å²) in [4.78, 5) is 39.1. The Morgan fingerprint density at radius 3 is 2.37 bits per heavy atom. The van der Waals surface area contributed by atoms with E-state index in [1.807, 2.05) is 43.3 Å². The molecule has 1 aliphatic heterocycles. The van der Waals surface area contributed by atoms with Crippen LogP contribution in [-0.4, -0.2) is 30.8 Å². The smallest absolute Gasteiger partial charge is 0.298 e. The van der Waals surface area contributed by atoms with Crippen molar-refractivity contribution in [3.05, 3.63) is 94.9 Å². The van der Waals surface area contributed by atoms with Gasteiger partial charge in [-0.15, -0.1) is 0 Å². The number of nitrogens with zero attached hydrogens (tertiary/aromatic N) is 1. The quantitative estimate of drug-likeness (QED) is 0.439. The van der Waals surface area contributed by atoms with Crippen molar-refractivity contribution in [1.82, 2.24) is 5.32 Å². The standard InChI is InChI=1S/C27H24N2O5S/c1-18(20-9-5-3-6-10-20)28-25(30)17-34-22-14-13-19(15-23(22)33-2)16-24-26(31)29(27(32)35-24)21-11-7-4-8-12-21/h3-16,18H,17H2,1-2H3,(H,28,30)/b24-16+/t18-/m0/s1. The number of hydrogen-bond acceptors (Lipinski definition) is 6. The number of imide groups is 1. The van der Waals surface area contributed by atoms with Gasteiger partial charge in [0.15, 0.2) is 18.1 Å². The molecule has 7 nitrogen and oxygen atoms in total. The van der Waals surface area contributed by atoms with Crippen LogP contribution >= 0.6 is 11.8 Å². The third kappa shape index (κ3) is 5.73. The Bertz CT molecular complexity index is 1260. The van der Waals surface area contributed by atoms with Crippen LogP contribution in [0, 0.1) is 0 Å². The molecular formula is C27H24N2O5S. The van der Waals surface area contributed by atoms with E-state index in [0.717, 1.165) is 22.2 Å². The highest BCUT2D eigenvalue weighted by Gasteiger charge is 2.36. The molecule has 3 amide bonds. The Hall–Kier alpha value is -4.04. The zero-order valence-corrected chi connectivity index (χ0v) is 20.1. The summed E-state index contributed by atoms with van der Waals surface area (Å²) in [7, 11) is 1.49. The van der Waals surface area contributed by atoms with Crippen molar-refractivity contribution in [1.29, 1.82) is 0 Å². The van der Waals surface area contributed by atoms with E-state index in [2.05, 4.69) is 5.32 Å². The maximum atomic E-state index is 12.8. The van der Waals surface area contributed by atoms with Gasteiger partial charge in [-0.2, -0.15) is 0 Å². The number of methoxy groups -OCH3 is 1. The van der Waals surface area contributed by atoms with Gasteiger partial charge in [0.25, 0.3) is 17.1 Å². The number of rotatable bonds is 8. The van der Waals surface area contributed by atoms with Crippen molar-refractivity contribution in [2.45, 2.75) is 13.0 Å². The van der Waals surface area contributed by atoms with Gasteiger partial charge in [-0.1, -0.05) is 54.6 Å². The Kier molecular flexibility index (Phi) is 7.52. The van der Waals surface area contributed by atoms with Crippen LogP contribution < -0.4 is 19.7 Å². The van der Waals surface area contributed by atoms with Crippen LogP contribution in [0.15, 0.2) is 83.8 Å². The lowest BCUT2D eigenvalue weighted by Crippen LogP contribution is -2.31. The molecule has 0 radical (unpaired) electrons. The Morgan fingerprint density at radius 2 is 1.69 bits per heavy atom. The first kappa shape index (κ1) is 24.1. The van der Waals surface area contributed by atoms with E-state index in [9.17, 15) is 14.4 Å². The van der Waals surface area contributed by atoms with E-state index in [0.29, 0.717) is 27.7 Å². The van der Waals surface area contributed by atoms with Crippen LogP contribution in [-0.2, 0) is 9.59 Å². The highest BCUT2D eigenvalue weighted by molar-refractivity contribution is 8.19. The SMILES string of the molecule is COc1cc(/C=C2/SC(=O)N(c3ccccc3)C2=O)ccc1OCC(=O)N[C@@H](C)c1ccccc1. The van der Waals surface area contributed by atoms with Crippen LogP contribution in [0.25, 0.3) is 6.08 Å². The number of benzene rings is 3. The summed E-state index contributed by atoms with van der Waals surface area (Å²) >= 11 is 0.881. The summed E-state index contributed by atoms with van der Waals surface area (Å²) in [5.74, 6) is 0.159. The van der Waals surface area contributed by atoms with Crippen molar-refractivity contribution in [3.8, 4) is 11.5 Å². The summed E-state index contributed by atoms with van der Waals surface area (Å²) in [6.07, 6.45) is 1.63. The molecule has 3 aromatic carbocycles. The van der Waals surface area contributed by atoms with Gasteiger partial charge >= 0.3 is 0 Å². The van der Waals surface area contributed by atoms with Crippen molar-refractivity contribution < 1.29 is 23.9 Å². The minimum Gasteiger partial charge on any atom is -0.493 e. The molecule has 3 aromatic rings. The molecule has 1 atom stereocenters. The number of para-hydroxylation sites is 1. The molecule has 0 aliphatic carbocycles. The second-order valence-electron chi connectivity index (χ2n) is 7.75. The first-order valence-corrected chi connectivity index (χ1v) is 11.8. The molecule has 1 aliphatic rings. The van der Waals surface area contributed by atoms with Gasteiger partial charge in [0, 0.05) is 0 Å². The molecule has 178 valence electrons. The lowest BCUT2D eigenvalue weighted by atomic mass is 10.1. The summed E-state index contributed by atoms with van der Waals surface area (Å²) in [6, 6.07) is 23.4. The van der Waals surface area contributed by atoms with Crippen LogP contribution in [0.2, 0.25) is 0 Å². The van der Waals surface area contributed by atoms with Crippen molar-refractivity contribution in [2.24, 2.45) is 0 Å². The lowest BCUT2D eigenvalue weighted by molar-refractivity contribution is -0.123. The topological polar surface area (TPSA) is 84.9 Å². The fourth-order valence-electron chi connectivity index (χ4n) is 3.56. The predicted octanol–water partition coefficient (Wildman–Crippen LogP) is 5.19. The third-order valence-electron chi connectivity index (χ3n) is 5.33. The van der Waals surface area contributed by atoms with Crippen LogP contribution in [0.3, 0.4) is 0 Å². The molecule has 0 bridgehead atoms. The van der Waals surface area contributed by atoms with Gasteiger partial charge in [-0.05, 0) is 60.2 Å². The normalized spacial score (nSPS) is 15.3. The van der Waals surface area contributed by atoms with Crippen molar-refractivity contribution in [2.75, 3.05) is 18.6 Å². The molecule has 35 heavy (non-hydrogen) atoms. The van der Waals surface area contributed by atoms with E-state index in [1.54, 1.807) is 48.5 Å². The minimum atomic E-state index is -0.380. The number of carbonyl (C=O) groups excluding carboxylic acids is 3. The average molecular weight is 489 g/mol. The Labute approximate surface area is 207 Å². The summed E-state index contributed by atoms with van der Waals surface area (Å²) in [5.41, 5.74) is 2.19. The van der Waals surface area contributed by atoms with Crippen molar-refractivity contribution >= 4 is 40.6 Å². The molecule has 4 rings (SSSR count). The van der Waals surface area contributed by atoms with E-state index in [4.69, 9.17) is 9.47 Å². The number of carbonyl (C=O) groups is 3. The summed E-state index contributed by atoms with van der Waals surface area (Å²) in [5, 5.41) is 2.55. The largest absolute Gasteiger partial charge is 0.493 e. The van der Waals surface area contributed by atoms with Crippen LogP contribution in [0.5, 0.6) is 11.5 Å². The fourth-order valence-corrected chi connectivity index (χ4v) is 4.40. The van der Waals surface area contributed by atoms with Gasteiger partial charge in [0.05, 0.1) is 23.7 Å². The number of amides is 3. The molecule has 1 fully saturated rings. The molecular weight excluding hydrogens is 464 g/mol. The third-order valence-corrected chi connectivity index (χ3v) is 6.20. The Balaban J connectivity index is 1.42. The monoisotopic (exact) mass is 488 g/mol. The molecule has 1 N–H and O–H groups in total. The Morgan fingerprint density at radius 1 is 1.00 bits per heavy atom. The zero-order valence-electron chi connectivity index (χ0n) is 19.3. The van der Waals surface area contributed by atoms with Crippen LogP contribution in [0.4, 0.5) is 10.5 Å². The molecule has 8 heteroatoms. The first-order chi connectivity index (χ1) is 17.0. The summed E-state index contributed by atoms with van der Waals surface area (Å²) in [6.45, 7) is 1.73. The first-order valence-electron chi connectivity index (χ1n) is 10.9. The van der Waals surface area contributed by atoms with Gasteiger partial charge < -0.3 is 14.8 Å². The van der Waals surface area contributed by atoms with Gasteiger partial charge in [-0.25, -0.2) is 4.90 Å². The van der Waals surface area contributed by atoms with Gasteiger partial charge in [-0.3, -0.25) is 14.4 Å². The molecule has 1 saturated heterocycles. The average Bonchev–Trinajstić information content (AvgIpc) is 3.16. The molecule has 0 unspecified atom stereocenters. The lowest BCUT2D eigenvalue weighted by Gasteiger charge is -2.15. The number of thioether (sulfide) groups is 1. The van der Waals surface area contributed by atoms with E-state index in [1.165, 1.54) is 7.11 Å². The molecule has 0 aromatic heterocycles. The molecule has 0 spiro atoms. The molecule has 0 saturated carbocycles. The minimum absolute atomic E-state index is 0.150. The van der Waals surface area contributed by atoms with Gasteiger partial charge in [0.2, 0.25) is 0 Å².